The van der Waals surface area contributed by atoms with Crippen LogP contribution in [-0.4, -0.2) is 42.1 Å². The van der Waals surface area contributed by atoms with Gasteiger partial charge in [0, 0.05) is 24.7 Å². The summed E-state index contributed by atoms with van der Waals surface area (Å²) in [6, 6.07) is 0. The number of hydrogen-bond acceptors (Lipinski definition) is 4. The van der Waals surface area contributed by atoms with E-state index in [0.29, 0.717) is 12.5 Å². The normalized spacial score (nSPS) is 17.0. The lowest BCUT2D eigenvalue weighted by molar-refractivity contribution is 0.0674. The average molecular weight is 354 g/mol. The van der Waals surface area contributed by atoms with Gasteiger partial charge < -0.3 is 15.4 Å². The van der Waals surface area contributed by atoms with Gasteiger partial charge in [0.05, 0.1) is 19.8 Å². The van der Waals surface area contributed by atoms with Crippen molar-refractivity contribution in [2.75, 3.05) is 26.3 Å². The predicted molar refractivity (Wildman–Crippen MR) is 75.2 cm³/mol. The minimum atomic E-state index is 0. The number of hydrogen-bond donors (Lipinski definition) is 1. The molecule has 2 rings (SSSR count). The fourth-order valence-corrected chi connectivity index (χ4v) is 1.91. The highest BCUT2D eigenvalue weighted by Gasteiger charge is 2.11. The largest absolute Gasteiger partial charge is 0.378 e. The van der Waals surface area contributed by atoms with Crippen LogP contribution in [0.15, 0.2) is 16.6 Å². The van der Waals surface area contributed by atoms with Crippen molar-refractivity contribution >= 4 is 41.3 Å². The standard InChI is InChI=1S/C9H14N4OS.HI/c10-9(13-2-4-14-5-3-13)12-7-8-11-1-6-15-8;/h1,6H,2-5,7H2,(H2,10,12);1H. The smallest absolute Gasteiger partial charge is 0.191 e. The van der Waals surface area contributed by atoms with Crippen molar-refractivity contribution in [3.8, 4) is 0 Å². The molecule has 1 aromatic heterocycles. The summed E-state index contributed by atoms with van der Waals surface area (Å²) < 4.78 is 5.24. The van der Waals surface area contributed by atoms with Crippen LogP contribution in [0.5, 0.6) is 0 Å². The molecule has 0 unspecified atom stereocenters. The lowest BCUT2D eigenvalue weighted by Crippen LogP contribution is -2.44. The molecule has 2 N–H and O–H groups in total. The zero-order valence-corrected chi connectivity index (χ0v) is 12.0. The van der Waals surface area contributed by atoms with E-state index in [-0.39, 0.29) is 24.0 Å². The van der Waals surface area contributed by atoms with Crippen LogP contribution in [0.2, 0.25) is 0 Å². The summed E-state index contributed by atoms with van der Waals surface area (Å²) in [6.45, 7) is 3.68. The van der Waals surface area contributed by atoms with Crippen LogP contribution in [0.1, 0.15) is 5.01 Å². The average Bonchev–Trinajstić information content (AvgIpc) is 2.80. The molecule has 2 heterocycles. The van der Waals surface area contributed by atoms with E-state index in [0.717, 1.165) is 31.3 Å². The van der Waals surface area contributed by atoms with Gasteiger partial charge >= 0.3 is 0 Å². The Balaban J connectivity index is 0.00000128. The zero-order chi connectivity index (χ0) is 10.5. The second kappa shape index (κ2) is 7.02. The van der Waals surface area contributed by atoms with Gasteiger partial charge in [0.2, 0.25) is 0 Å². The van der Waals surface area contributed by atoms with Crippen LogP contribution in [0.25, 0.3) is 0 Å². The summed E-state index contributed by atoms with van der Waals surface area (Å²) in [7, 11) is 0. The Bertz CT molecular complexity index is 324. The molecule has 0 bridgehead atoms. The number of aliphatic imine (C=N–C) groups is 1. The van der Waals surface area contributed by atoms with E-state index in [1.165, 1.54) is 0 Å². The number of halogens is 1. The van der Waals surface area contributed by atoms with Gasteiger partial charge in [0.1, 0.15) is 5.01 Å². The molecular formula is C9H15IN4OS. The first-order valence-electron chi connectivity index (χ1n) is 4.87. The highest BCUT2D eigenvalue weighted by molar-refractivity contribution is 14.0. The molecule has 0 spiro atoms. The molecule has 1 fully saturated rings. The molecule has 16 heavy (non-hydrogen) atoms. The maximum atomic E-state index is 5.86. The molecule has 90 valence electrons. The van der Waals surface area contributed by atoms with Gasteiger partial charge in [-0.05, 0) is 0 Å². The third-order valence-corrected chi connectivity index (χ3v) is 2.96. The van der Waals surface area contributed by atoms with E-state index < -0.39 is 0 Å². The lowest BCUT2D eigenvalue weighted by atomic mass is 10.4. The van der Waals surface area contributed by atoms with Crippen molar-refractivity contribution in [1.29, 1.82) is 0 Å². The number of ether oxygens (including phenoxy) is 1. The molecule has 1 saturated heterocycles. The molecule has 0 aliphatic carbocycles. The van der Waals surface area contributed by atoms with Crippen molar-refractivity contribution in [3.63, 3.8) is 0 Å². The number of rotatable bonds is 2. The number of aromatic nitrogens is 1. The molecule has 7 heteroatoms. The van der Waals surface area contributed by atoms with Gasteiger partial charge in [-0.25, -0.2) is 9.98 Å². The van der Waals surface area contributed by atoms with Crippen molar-refractivity contribution in [2.24, 2.45) is 10.7 Å². The zero-order valence-electron chi connectivity index (χ0n) is 8.83. The summed E-state index contributed by atoms with van der Waals surface area (Å²) in [5.41, 5.74) is 5.86. The molecule has 0 radical (unpaired) electrons. The van der Waals surface area contributed by atoms with Crippen molar-refractivity contribution in [2.45, 2.75) is 6.54 Å². The number of thiazole rings is 1. The molecular weight excluding hydrogens is 339 g/mol. The number of nitrogens with two attached hydrogens (primary N) is 1. The summed E-state index contributed by atoms with van der Waals surface area (Å²) in [4.78, 5) is 10.5. The van der Waals surface area contributed by atoms with E-state index in [1.807, 2.05) is 10.3 Å². The number of morpholine rings is 1. The van der Waals surface area contributed by atoms with Crippen LogP contribution in [0.3, 0.4) is 0 Å². The molecule has 5 nitrogen and oxygen atoms in total. The SMILES string of the molecule is I.NC(=NCc1nccs1)N1CCOCC1. The fourth-order valence-electron chi connectivity index (χ4n) is 1.37. The van der Waals surface area contributed by atoms with E-state index >= 15 is 0 Å². The lowest BCUT2D eigenvalue weighted by Gasteiger charge is -2.27. The molecule has 1 aromatic rings. The van der Waals surface area contributed by atoms with Gasteiger partial charge in [0.25, 0.3) is 0 Å². The van der Waals surface area contributed by atoms with Crippen LogP contribution >= 0.6 is 35.3 Å². The van der Waals surface area contributed by atoms with Crippen LogP contribution in [0.4, 0.5) is 0 Å². The fraction of sp³-hybridized carbons (Fsp3) is 0.556. The molecule has 0 atom stereocenters. The van der Waals surface area contributed by atoms with E-state index in [1.54, 1.807) is 17.5 Å². The molecule has 1 aliphatic rings. The minimum absolute atomic E-state index is 0. The Kier molecular flexibility index (Phi) is 5.99. The molecule has 1 aliphatic heterocycles. The minimum Gasteiger partial charge on any atom is -0.378 e. The van der Waals surface area contributed by atoms with Crippen molar-refractivity contribution in [1.82, 2.24) is 9.88 Å². The van der Waals surface area contributed by atoms with Crippen LogP contribution in [-0.2, 0) is 11.3 Å². The van der Waals surface area contributed by atoms with Crippen molar-refractivity contribution in [3.05, 3.63) is 16.6 Å². The summed E-state index contributed by atoms with van der Waals surface area (Å²) in [5.74, 6) is 0.591. The summed E-state index contributed by atoms with van der Waals surface area (Å²) in [5, 5.41) is 2.93. The van der Waals surface area contributed by atoms with Gasteiger partial charge in [-0.1, -0.05) is 0 Å². The molecule has 0 aromatic carbocycles. The third-order valence-electron chi connectivity index (χ3n) is 2.19. The van der Waals surface area contributed by atoms with Gasteiger partial charge in [-0.2, -0.15) is 0 Å². The Morgan fingerprint density at radius 1 is 1.56 bits per heavy atom. The Labute approximate surface area is 116 Å². The topological polar surface area (TPSA) is 63.7 Å². The van der Waals surface area contributed by atoms with E-state index in [4.69, 9.17) is 10.5 Å². The van der Waals surface area contributed by atoms with Crippen LogP contribution in [0, 0.1) is 0 Å². The monoisotopic (exact) mass is 354 g/mol. The quantitative estimate of drug-likeness (QED) is 0.487. The Morgan fingerprint density at radius 2 is 2.31 bits per heavy atom. The second-order valence-electron chi connectivity index (χ2n) is 3.20. The maximum absolute atomic E-state index is 5.86. The van der Waals surface area contributed by atoms with Gasteiger partial charge in [-0.15, -0.1) is 35.3 Å². The highest BCUT2D eigenvalue weighted by atomic mass is 127. The number of nitrogens with zero attached hydrogens (tertiary/aromatic N) is 3. The first-order chi connectivity index (χ1) is 7.36. The highest BCUT2D eigenvalue weighted by Crippen LogP contribution is 2.05. The van der Waals surface area contributed by atoms with Gasteiger partial charge in [0.15, 0.2) is 5.96 Å². The maximum Gasteiger partial charge on any atom is 0.191 e. The van der Waals surface area contributed by atoms with Gasteiger partial charge in [-0.3, -0.25) is 0 Å². The molecule has 0 amide bonds. The first kappa shape index (κ1) is 13.7. The summed E-state index contributed by atoms with van der Waals surface area (Å²) in [6.07, 6.45) is 1.78. The first-order valence-corrected chi connectivity index (χ1v) is 5.75. The van der Waals surface area contributed by atoms with Crippen molar-refractivity contribution < 1.29 is 4.74 Å². The Morgan fingerprint density at radius 3 is 2.94 bits per heavy atom. The third kappa shape index (κ3) is 3.87. The predicted octanol–water partition coefficient (Wildman–Crippen LogP) is 0.908. The van der Waals surface area contributed by atoms with Crippen LogP contribution < -0.4 is 5.73 Å². The second-order valence-corrected chi connectivity index (χ2v) is 4.18. The van der Waals surface area contributed by atoms with E-state index in [2.05, 4.69) is 9.98 Å². The summed E-state index contributed by atoms with van der Waals surface area (Å²) >= 11 is 1.59. The van der Waals surface area contributed by atoms with E-state index in [9.17, 15) is 0 Å². The molecule has 0 saturated carbocycles. The number of guanidine groups is 1. The Hall–Kier alpha value is -0.410.